The number of ether oxygens (including phenoxy) is 1. The van der Waals surface area contributed by atoms with Crippen molar-refractivity contribution in [2.24, 2.45) is 0 Å². The number of carbonyl (C=O) groups excluding carboxylic acids is 1. The summed E-state index contributed by atoms with van der Waals surface area (Å²) in [7, 11) is 0. The highest BCUT2D eigenvalue weighted by Crippen LogP contribution is 2.36. The predicted molar refractivity (Wildman–Crippen MR) is 75.8 cm³/mol. The van der Waals surface area contributed by atoms with Crippen LogP contribution in [0.3, 0.4) is 0 Å². The van der Waals surface area contributed by atoms with Crippen LogP contribution in [0.1, 0.15) is 24.7 Å². The minimum atomic E-state index is -0.417. The Morgan fingerprint density at radius 2 is 2.15 bits per heavy atom. The van der Waals surface area contributed by atoms with Crippen molar-refractivity contribution in [3.05, 3.63) is 47.9 Å². The van der Waals surface area contributed by atoms with E-state index < -0.39 is 6.10 Å². The van der Waals surface area contributed by atoms with Gasteiger partial charge in [-0.1, -0.05) is 13.0 Å². The number of nitrogens with zero attached hydrogens (tertiary/aromatic N) is 1. The Labute approximate surface area is 118 Å². The zero-order valence-electron chi connectivity index (χ0n) is 11.6. The van der Waals surface area contributed by atoms with Gasteiger partial charge in [-0.25, -0.2) is 0 Å². The van der Waals surface area contributed by atoms with Gasteiger partial charge in [0.1, 0.15) is 11.5 Å². The highest BCUT2D eigenvalue weighted by atomic mass is 16.5. The number of rotatable bonds is 3. The first-order valence-electron chi connectivity index (χ1n) is 6.80. The van der Waals surface area contributed by atoms with Gasteiger partial charge in [0, 0.05) is 0 Å². The lowest BCUT2D eigenvalue weighted by Gasteiger charge is -2.33. The lowest BCUT2D eigenvalue weighted by atomic mass is 10.1. The zero-order valence-corrected chi connectivity index (χ0v) is 11.6. The molecule has 1 aromatic carbocycles. The van der Waals surface area contributed by atoms with Crippen molar-refractivity contribution in [1.29, 1.82) is 0 Å². The van der Waals surface area contributed by atoms with Gasteiger partial charge in [-0.15, -0.1) is 0 Å². The Morgan fingerprint density at radius 1 is 1.30 bits per heavy atom. The normalized spacial score (nSPS) is 17.8. The summed E-state index contributed by atoms with van der Waals surface area (Å²) in [5.74, 6) is 1.52. The Kier molecular flexibility index (Phi) is 3.22. The van der Waals surface area contributed by atoms with Crippen LogP contribution in [0, 0.1) is 6.92 Å². The third-order valence-electron chi connectivity index (χ3n) is 3.48. The van der Waals surface area contributed by atoms with Crippen molar-refractivity contribution in [2.75, 3.05) is 4.90 Å². The summed E-state index contributed by atoms with van der Waals surface area (Å²) in [5.41, 5.74) is 1.92. The molecular weight excluding hydrogens is 254 g/mol. The fourth-order valence-electron chi connectivity index (χ4n) is 2.41. The molecule has 1 atom stereocenters. The Hall–Kier alpha value is -2.23. The van der Waals surface area contributed by atoms with E-state index >= 15 is 0 Å². The van der Waals surface area contributed by atoms with E-state index in [-0.39, 0.29) is 5.91 Å². The van der Waals surface area contributed by atoms with Crippen molar-refractivity contribution in [3.63, 3.8) is 0 Å². The van der Waals surface area contributed by atoms with Gasteiger partial charge in [-0.2, -0.15) is 0 Å². The van der Waals surface area contributed by atoms with Gasteiger partial charge in [-0.3, -0.25) is 9.69 Å². The molecule has 3 rings (SSSR count). The van der Waals surface area contributed by atoms with Crippen molar-refractivity contribution >= 4 is 11.6 Å². The predicted octanol–water partition coefficient (Wildman–Crippen LogP) is 3.29. The number of furan rings is 1. The molecule has 4 nitrogen and oxygen atoms in total. The van der Waals surface area contributed by atoms with E-state index in [4.69, 9.17) is 9.15 Å². The fraction of sp³-hybridized carbons (Fsp3) is 0.312. The highest BCUT2D eigenvalue weighted by molar-refractivity contribution is 5.99. The molecule has 4 heteroatoms. The first-order valence-corrected chi connectivity index (χ1v) is 6.80. The zero-order chi connectivity index (χ0) is 14.1. The summed E-state index contributed by atoms with van der Waals surface area (Å²) in [6.45, 7) is 4.40. The van der Waals surface area contributed by atoms with Crippen LogP contribution in [-0.4, -0.2) is 12.0 Å². The summed E-state index contributed by atoms with van der Waals surface area (Å²) < 4.78 is 11.2. The Bertz CT molecular complexity index is 619. The molecule has 2 heterocycles. The van der Waals surface area contributed by atoms with Crippen molar-refractivity contribution in [1.82, 2.24) is 0 Å². The van der Waals surface area contributed by atoms with Gasteiger partial charge in [0.05, 0.1) is 18.5 Å². The molecule has 20 heavy (non-hydrogen) atoms. The van der Waals surface area contributed by atoms with E-state index in [0.29, 0.717) is 13.0 Å². The lowest BCUT2D eigenvalue weighted by Crippen LogP contribution is -2.45. The second-order valence-corrected chi connectivity index (χ2v) is 4.99. The molecule has 1 amide bonds. The van der Waals surface area contributed by atoms with Gasteiger partial charge in [0.2, 0.25) is 0 Å². The standard InChI is InChI=1S/C16H17NO3/c1-3-14-16(18)17(10-12-5-4-8-19-12)13-7-6-11(2)9-15(13)20-14/h4-9,14H,3,10H2,1-2H3. The van der Waals surface area contributed by atoms with Gasteiger partial charge < -0.3 is 9.15 Å². The van der Waals surface area contributed by atoms with Gasteiger partial charge in [-0.05, 0) is 43.2 Å². The van der Waals surface area contributed by atoms with E-state index in [1.807, 2.05) is 44.2 Å². The number of amides is 1. The molecule has 0 N–H and O–H groups in total. The molecule has 0 radical (unpaired) electrons. The first kappa shape index (κ1) is 12.8. The van der Waals surface area contributed by atoms with Gasteiger partial charge >= 0.3 is 0 Å². The van der Waals surface area contributed by atoms with Crippen molar-refractivity contribution in [2.45, 2.75) is 32.9 Å². The minimum Gasteiger partial charge on any atom is -0.478 e. The topological polar surface area (TPSA) is 42.7 Å². The molecular formula is C16H17NO3. The Morgan fingerprint density at radius 3 is 2.85 bits per heavy atom. The molecule has 0 aliphatic carbocycles. The molecule has 1 aliphatic heterocycles. The molecule has 1 aliphatic rings. The smallest absolute Gasteiger partial charge is 0.268 e. The van der Waals surface area contributed by atoms with Crippen LogP contribution in [0.4, 0.5) is 5.69 Å². The van der Waals surface area contributed by atoms with Crippen LogP contribution >= 0.6 is 0 Å². The number of hydrogen-bond acceptors (Lipinski definition) is 3. The summed E-state index contributed by atoms with van der Waals surface area (Å²) in [6, 6.07) is 9.58. The molecule has 0 saturated heterocycles. The largest absolute Gasteiger partial charge is 0.478 e. The van der Waals surface area contributed by atoms with E-state index in [1.165, 1.54) is 0 Å². The molecule has 0 fully saturated rings. The molecule has 1 aromatic heterocycles. The number of aryl methyl sites for hydroxylation is 1. The summed E-state index contributed by atoms with van der Waals surface area (Å²) in [6.07, 6.45) is 1.85. The van der Waals surface area contributed by atoms with E-state index in [1.54, 1.807) is 11.2 Å². The van der Waals surface area contributed by atoms with Crippen LogP contribution < -0.4 is 9.64 Å². The van der Waals surface area contributed by atoms with Crippen molar-refractivity contribution in [3.8, 4) is 5.75 Å². The fourth-order valence-corrected chi connectivity index (χ4v) is 2.41. The van der Waals surface area contributed by atoms with Gasteiger partial charge in [0.15, 0.2) is 6.10 Å². The molecule has 0 saturated carbocycles. The summed E-state index contributed by atoms with van der Waals surface area (Å²) in [4.78, 5) is 14.2. The Balaban J connectivity index is 2.00. The van der Waals surface area contributed by atoms with Crippen LogP contribution in [0.15, 0.2) is 41.0 Å². The SMILES string of the molecule is CCC1Oc2cc(C)ccc2N(Cc2ccco2)C1=O. The molecule has 104 valence electrons. The van der Waals surface area contributed by atoms with Crippen LogP contribution in [-0.2, 0) is 11.3 Å². The third kappa shape index (κ3) is 2.18. The van der Waals surface area contributed by atoms with Crippen LogP contribution in [0.25, 0.3) is 0 Å². The second-order valence-electron chi connectivity index (χ2n) is 4.99. The summed E-state index contributed by atoms with van der Waals surface area (Å²) in [5, 5.41) is 0. The third-order valence-corrected chi connectivity index (χ3v) is 3.48. The number of carbonyl (C=O) groups is 1. The maximum Gasteiger partial charge on any atom is 0.268 e. The maximum atomic E-state index is 12.5. The molecule has 2 aromatic rings. The number of fused-ring (bicyclic) bond motifs is 1. The van der Waals surface area contributed by atoms with Gasteiger partial charge in [0.25, 0.3) is 5.91 Å². The monoisotopic (exact) mass is 271 g/mol. The second kappa shape index (κ2) is 5.04. The van der Waals surface area contributed by atoms with E-state index in [0.717, 1.165) is 22.8 Å². The quantitative estimate of drug-likeness (QED) is 0.860. The van der Waals surface area contributed by atoms with E-state index in [9.17, 15) is 4.79 Å². The number of benzene rings is 1. The first-order chi connectivity index (χ1) is 9.69. The average Bonchev–Trinajstić information content (AvgIpc) is 2.94. The van der Waals surface area contributed by atoms with Crippen molar-refractivity contribution < 1.29 is 13.9 Å². The molecule has 0 spiro atoms. The number of anilines is 1. The highest BCUT2D eigenvalue weighted by Gasteiger charge is 2.33. The number of hydrogen-bond donors (Lipinski definition) is 0. The molecule has 0 bridgehead atoms. The average molecular weight is 271 g/mol. The van der Waals surface area contributed by atoms with Crippen LogP contribution in [0.2, 0.25) is 0 Å². The summed E-state index contributed by atoms with van der Waals surface area (Å²) >= 11 is 0. The lowest BCUT2D eigenvalue weighted by molar-refractivity contribution is -0.126. The van der Waals surface area contributed by atoms with Crippen LogP contribution in [0.5, 0.6) is 5.75 Å². The molecule has 1 unspecified atom stereocenters. The minimum absolute atomic E-state index is 0.0137. The van der Waals surface area contributed by atoms with E-state index in [2.05, 4.69) is 0 Å². The maximum absolute atomic E-state index is 12.5.